The lowest BCUT2D eigenvalue weighted by Gasteiger charge is -2.28. The van der Waals surface area contributed by atoms with Gasteiger partial charge in [0.1, 0.15) is 5.82 Å². The van der Waals surface area contributed by atoms with E-state index >= 15 is 0 Å². The molecular formula is C14H19F3N2O. The van der Waals surface area contributed by atoms with Crippen LogP contribution in [0.15, 0.2) is 18.3 Å². The Bertz CT molecular complexity index is 480. The Kier molecular flexibility index (Phi) is 3.48. The van der Waals surface area contributed by atoms with Gasteiger partial charge in [0.25, 0.3) is 0 Å². The first kappa shape index (κ1) is 15.1. The van der Waals surface area contributed by atoms with E-state index in [0.29, 0.717) is 5.82 Å². The number of halogens is 3. The molecule has 6 heteroatoms. The standard InChI is InChI=1S/C14H19F3N2O/c1-12(2)7-10(13(3,4)20-12)19-11-6-5-9(8-18-11)14(15,16)17/h5-6,8,10H,7H2,1-4H3,(H,18,19). The van der Waals surface area contributed by atoms with Gasteiger partial charge in [0.05, 0.1) is 22.8 Å². The molecule has 0 bridgehead atoms. The van der Waals surface area contributed by atoms with Crippen molar-refractivity contribution in [1.29, 1.82) is 0 Å². The first-order valence-corrected chi connectivity index (χ1v) is 6.50. The molecule has 1 aromatic heterocycles. The van der Waals surface area contributed by atoms with Gasteiger partial charge in [-0.15, -0.1) is 0 Å². The third kappa shape index (κ3) is 3.23. The molecule has 3 nitrogen and oxygen atoms in total. The van der Waals surface area contributed by atoms with Gasteiger partial charge in [-0.05, 0) is 46.2 Å². The Hall–Kier alpha value is -1.30. The molecule has 0 spiro atoms. The number of nitrogens with zero attached hydrogens (tertiary/aromatic N) is 1. The lowest BCUT2D eigenvalue weighted by atomic mass is 9.94. The summed E-state index contributed by atoms with van der Waals surface area (Å²) in [5.74, 6) is 0.428. The number of nitrogens with one attached hydrogen (secondary N) is 1. The monoisotopic (exact) mass is 288 g/mol. The maximum atomic E-state index is 12.5. The quantitative estimate of drug-likeness (QED) is 0.897. The SMILES string of the molecule is CC1(C)CC(Nc2ccc(C(F)(F)F)cn2)C(C)(C)O1. The minimum atomic E-state index is -4.36. The van der Waals surface area contributed by atoms with E-state index in [1.165, 1.54) is 6.07 Å². The molecule has 1 aromatic rings. The summed E-state index contributed by atoms with van der Waals surface area (Å²) in [6.45, 7) is 7.92. The number of alkyl halides is 3. The molecule has 0 saturated carbocycles. The predicted molar refractivity (Wildman–Crippen MR) is 70.5 cm³/mol. The fourth-order valence-electron chi connectivity index (χ4n) is 2.61. The van der Waals surface area contributed by atoms with Crippen LogP contribution in [0.25, 0.3) is 0 Å². The zero-order valence-corrected chi connectivity index (χ0v) is 12.0. The smallest absolute Gasteiger partial charge is 0.367 e. The zero-order valence-electron chi connectivity index (χ0n) is 12.0. The van der Waals surface area contributed by atoms with Crippen LogP contribution in [0.4, 0.5) is 19.0 Å². The number of hydrogen-bond donors (Lipinski definition) is 1. The Balaban J connectivity index is 2.11. The van der Waals surface area contributed by atoms with E-state index in [9.17, 15) is 13.2 Å². The van der Waals surface area contributed by atoms with Gasteiger partial charge >= 0.3 is 6.18 Å². The zero-order chi connectivity index (χ0) is 15.2. The van der Waals surface area contributed by atoms with Crippen molar-refractivity contribution in [3.8, 4) is 0 Å². The highest BCUT2D eigenvalue weighted by Gasteiger charge is 2.46. The molecule has 1 aliphatic heterocycles. The molecule has 1 unspecified atom stereocenters. The highest BCUT2D eigenvalue weighted by molar-refractivity contribution is 5.38. The maximum Gasteiger partial charge on any atom is 0.417 e. The molecule has 1 fully saturated rings. The summed E-state index contributed by atoms with van der Waals surface area (Å²) in [5, 5.41) is 3.16. The number of ether oxygens (including phenoxy) is 1. The van der Waals surface area contributed by atoms with Crippen LogP contribution in [-0.2, 0) is 10.9 Å². The summed E-state index contributed by atoms with van der Waals surface area (Å²) < 4.78 is 43.3. The van der Waals surface area contributed by atoms with Gasteiger partial charge in [-0.3, -0.25) is 0 Å². The van der Waals surface area contributed by atoms with Crippen molar-refractivity contribution in [2.45, 2.75) is 57.5 Å². The molecule has 0 amide bonds. The van der Waals surface area contributed by atoms with E-state index in [-0.39, 0.29) is 11.6 Å². The Morgan fingerprint density at radius 1 is 1.25 bits per heavy atom. The second kappa shape index (κ2) is 4.62. The van der Waals surface area contributed by atoms with E-state index in [4.69, 9.17) is 4.74 Å². The number of anilines is 1. The fraction of sp³-hybridized carbons (Fsp3) is 0.643. The van der Waals surface area contributed by atoms with Crippen LogP contribution in [0.3, 0.4) is 0 Å². The van der Waals surface area contributed by atoms with Crippen molar-refractivity contribution in [2.24, 2.45) is 0 Å². The van der Waals surface area contributed by atoms with E-state index in [0.717, 1.165) is 18.7 Å². The molecule has 1 atom stereocenters. The minimum absolute atomic E-state index is 0.00161. The van der Waals surface area contributed by atoms with Gasteiger partial charge < -0.3 is 10.1 Å². The van der Waals surface area contributed by atoms with Crippen LogP contribution >= 0.6 is 0 Å². The van der Waals surface area contributed by atoms with Crippen LogP contribution in [0, 0.1) is 0 Å². The van der Waals surface area contributed by atoms with Crippen molar-refractivity contribution in [2.75, 3.05) is 5.32 Å². The van der Waals surface area contributed by atoms with E-state index in [1.54, 1.807) is 0 Å². The van der Waals surface area contributed by atoms with Crippen LogP contribution in [0.2, 0.25) is 0 Å². The van der Waals surface area contributed by atoms with Gasteiger partial charge in [-0.25, -0.2) is 4.98 Å². The molecule has 1 saturated heterocycles. The van der Waals surface area contributed by atoms with Crippen molar-refractivity contribution in [3.05, 3.63) is 23.9 Å². The van der Waals surface area contributed by atoms with Gasteiger partial charge in [0, 0.05) is 6.20 Å². The Labute approximate surface area is 116 Å². The maximum absolute atomic E-state index is 12.5. The van der Waals surface area contributed by atoms with Crippen LogP contribution < -0.4 is 5.32 Å². The van der Waals surface area contributed by atoms with Crippen LogP contribution in [0.1, 0.15) is 39.7 Å². The third-order valence-corrected chi connectivity index (χ3v) is 3.49. The molecule has 1 aliphatic rings. The summed E-state index contributed by atoms with van der Waals surface area (Å²) in [4.78, 5) is 3.84. The summed E-state index contributed by atoms with van der Waals surface area (Å²) in [7, 11) is 0. The van der Waals surface area contributed by atoms with E-state index in [1.807, 2.05) is 27.7 Å². The molecule has 1 N–H and O–H groups in total. The van der Waals surface area contributed by atoms with Crippen LogP contribution in [0.5, 0.6) is 0 Å². The first-order valence-electron chi connectivity index (χ1n) is 6.50. The topological polar surface area (TPSA) is 34.2 Å². The molecule has 0 radical (unpaired) electrons. The lowest BCUT2D eigenvalue weighted by Crippen LogP contribution is -2.38. The summed E-state index contributed by atoms with van der Waals surface area (Å²) >= 11 is 0. The minimum Gasteiger partial charge on any atom is -0.367 e. The van der Waals surface area contributed by atoms with E-state index in [2.05, 4.69) is 10.3 Å². The fourth-order valence-corrected chi connectivity index (χ4v) is 2.61. The molecule has 2 heterocycles. The molecular weight excluding hydrogens is 269 g/mol. The highest BCUT2D eigenvalue weighted by Crippen LogP contribution is 2.38. The van der Waals surface area contributed by atoms with Crippen molar-refractivity contribution < 1.29 is 17.9 Å². The second-order valence-electron chi connectivity index (χ2n) is 6.30. The Morgan fingerprint density at radius 2 is 1.90 bits per heavy atom. The lowest BCUT2D eigenvalue weighted by molar-refractivity contribution is -0.137. The van der Waals surface area contributed by atoms with E-state index < -0.39 is 17.3 Å². The van der Waals surface area contributed by atoms with Gasteiger partial charge in [0.15, 0.2) is 0 Å². The molecule has 0 aliphatic carbocycles. The average molecular weight is 288 g/mol. The normalized spacial score (nSPS) is 24.6. The Morgan fingerprint density at radius 3 is 2.30 bits per heavy atom. The van der Waals surface area contributed by atoms with Gasteiger partial charge in [-0.1, -0.05) is 0 Å². The number of pyridine rings is 1. The molecule has 0 aromatic carbocycles. The number of hydrogen-bond acceptors (Lipinski definition) is 3. The molecule has 20 heavy (non-hydrogen) atoms. The molecule has 112 valence electrons. The number of rotatable bonds is 2. The van der Waals surface area contributed by atoms with Crippen molar-refractivity contribution in [1.82, 2.24) is 4.98 Å². The second-order valence-corrected chi connectivity index (χ2v) is 6.30. The summed E-state index contributed by atoms with van der Waals surface area (Å²) in [6, 6.07) is 2.38. The average Bonchev–Trinajstić information content (AvgIpc) is 2.46. The van der Waals surface area contributed by atoms with Gasteiger partial charge in [-0.2, -0.15) is 13.2 Å². The molecule has 2 rings (SSSR count). The first-order chi connectivity index (χ1) is 9.00. The largest absolute Gasteiger partial charge is 0.417 e. The number of aromatic nitrogens is 1. The van der Waals surface area contributed by atoms with Crippen LogP contribution in [-0.4, -0.2) is 22.2 Å². The highest BCUT2D eigenvalue weighted by atomic mass is 19.4. The van der Waals surface area contributed by atoms with Crippen molar-refractivity contribution in [3.63, 3.8) is 0 Å². The van der Waals surface area contributed by atoms with Gasteiger partial charge in [0.2, 0.25) is 0 Å². The summed E-state index contributed by atoms with van der Waals surface area (Å²) in [5.41, 5.74) is -1.40. The van der Waals surface area contributed by atoms with Crippen molar-refractivity contribution >= 4 is 5.82 Å². The summed E-state index contributed by atoms with van der Waals surface area (Å²) in [6.07, 6.45) is -2.75. The predicted octanol–water partition coefficient (Wildman–Crippen LogP) is 3.86. The third-order valence-electron chi connectivity index (χ3n) is 3.49.